The minimum atomic E-state index is -4.23. The molecule has 0 saturated heterocycles. The Labute approximate surface area is 241 Å². The second kappa shape index (κ2) is 13.3. The third-order valence-corrected chi connectivity index (χ3v) is 8.49. The van der Waals surface area contributed by atoms with Crippen molar-refractivity contribution in [1.29, 1.82) is 0 Å². The van der Waals surface area contributed by atoms with Gasteiger partial charge in [-0.3, -0.25) is 13.9 Å². The van der Waals surface area contributed by atoms with E-state index in [-0.39, 0.29) is 28.6 Å². The number of nitrogens with one attached hydrogen (secondary N) is 1. The zero-order valence-corrected chi connectivity index (χ0v) is 24.9. The van der Waals surface area contributed by atoms with E-state index in [4.69, 9.17) is 11.6 Å². The molecule has 3 rings (SSSR count). The van der Waals surface area contributed by atoms with Gasteiger partial charge in [-0.1, -0.05) is 67.4 Å². The van der Waals surface area contributed by atoms with E-state index in [1.54, 1.807) is 37.3 Å². The van der Waals surface area contributed by atoms with E-state index in [2.05, 4.69) is 5.32 Å². The van der Waals surface area contributed by atoms with Crippen LogP contribution in [0.2, 0.25) is 5.02 Å². The van der Waals surface area contributed by atoms with Crippen molar-refractivity contribution in [2.24, 2.45) is 5.92 Å². The van der Waals surface area contributed by atoms with Crippen LogP contribution in [0.3, 0.4) is 0 Å². The molecule has 10 heteroatoms. The van der Waals surface area contributed by atoms with Crippen molar-refractivity contribution in [2.45, 2.75) is 52.1 Å². The van der Waals surface area contributed by atoms with Crippen LogP contribution >= 0.6 is 11.6 Å². The van der Waals surface area contributed by atoms with Gasteiger partial charge >= 0.3 is 0 Å². The predicted octanol–water partition coefficient (Wildman–Crippen LogP) is 5.48. The number of rotatable bonds is 11. The molecule has 0 spiro atoms. The van der Waals surface area contributed by atoms with Gasteiger partial charge in [0.1, 0.15) is 18.4 Å². The Bertz CT molecular complexity index is 1460. The van der Waals surface area contributed by atoms with Crippen LogP contribution in [-0.2, 0) is 26.2 Å². The number of anilines is 1. The zero-order valence-electron chi connectivity index (χ0n) is 23.3. The minimum absolute atomic E-state index is 0.00588. The van der Waals surface area contributed by atoms with Gasteiger partial charge in [0.15, 0.2) is 0 Å². The molecule has 3 aromatic carbocycles. The normalized spacial score (nSPS) is 12.2. The average molecular weight is 588 g/mol. The van der Waals surface area contributed by atoms with Crippen molar-refractivity contribution in [2.75, 3.05) is 17.4 Å². The van der Waals surface area contributed by atoms with E-state index in [1.807, 2.05) is 20.8 Å². The Morgan fingerprint density at radius 1 is 0.975 bits per heavy atom. The quantitative estimate of drug-likeness (QED) is 0.322. The van der Waals surface area contributed by atoms with E-state index >= 15 is 0 Å². The third-order valence-electron chi connectivity index (χ3n) is 6.48. The van der Waals surface area contributed by atoms with Crippen LogP contribution in [0.5, 0.6) is 0 Å². The van der Waals surface area contributed by atoms with Crippen LogP contribution in [0, 0.1) is 25.6 Å². The molecule has 0 aliphatic carbocycles. The highest BCUT2D eigenvalue weighted by molar-refractivity contribution is 7.92. The first kappa shape index (κ1) is 31.1. The van der Waals surface area contributed by atoms with Crippen molar-refractivity contribution in [1.82, 2.24) is 10.2 Å². The maximum atomic E-state index is 14.6. The number of carbonyl (C=O) groups is 2. The van der Waals surface area contributed by atoms with Crippen molar-refractivity contribution in [3.63, 3.8) is 0 Å². The first-order chi connectivity index (χ1) is 18.8. The SMILES string of the molecule is Cc1ccc(S(=O)(=O)N(CC(=O)N(Cc2ccccc2F)[C@@H](C)C(=O)NCC(C)C)c2cc(Cl)ccc2C)cc1. The number of hydrogen-bond acceptors (Lipinski definition) is 4. The Morgan fingerprint density at radius 2 is 1.62 bits per heavy atom. The number of halogens is 2. The first-order valence-electron chi connectivity index (χ1n) is 13.0. The molecule has 0 saturated carbocycles. The molecule has 0 radical (unpaired) electrons. The second-order valence-electron chi connectivity index (χ2n) is 10.2. The summed E-state index contributed by atoms with van der Waals surface area (Å²) in [5, 5.41) is 3.10. The van der Waals surface area contributed by atoms with Crippen molar-refractivity contribution < 1.29 is 22.4 Å². The maximum Gasteiger partial charge on any atom is 0.264 e. The van der Waals surface area contributed by atoms with E-state index in [0.717, 1.165) is 9.87 Å². The molecular weight excluding hydrogens is 553 g/mol. The topological polar surface area (TPSA) is 86.8 Å². The van der Waals surface area contributed by atoms with Crippen molar-refractivity contribution in [3.8, 4) is 0 Å². The van der Waals surface area contributed by atoms with Gasteiger partial charge in [0.25, 0.3) is 10.0 Å². The van der Waals surface area contributed by atoms with Gasteiger partial charge in [0, 0.05) is 23.7 Å². The molecule has 1 N–H and O–H groups in total. The summed E-state index contributed by atoms with van der Waals surface area (Å²) < 4.78 is 43.5. The van der Waals surface area contributed by atoms with Crippen LogP contribution in [-0.4, -0.2) is 44.3 Å². The smallest absolute Gasteiger partial charge is 0.264 e. The zero-order chi connectivity index (χ0) is 29.6. The molecule has 0 fully saturated rings. The molecular formula is C30H35ClFN3O4S. The fraction of sp³-hybridized carbons (Fsp3) is 0.333. The van der Waals surface area contributed by atoms with Crippen LogP contribution in [0.4, 0.5) is 10.1 Å². The lowest BCUT2D eigenvalue weighted by atomic mass is 10.1. The molecule has 7 nitrogen and oxygen atoms in total. The maximum absolute atomic E-state index is 14.6. The number of hydrogen-bond donors (Lipinski definition) is 1. The monoisotopic (exact) mass is 587 g/mol. The standard InChI is InChI=1S/C30H35ClFN3O4S/c1-20(2)17-33-30(37)23(5)34(18-24-8-6-7-9-27(24)32)29(36)19-35(28-16-25(31)13-12-22(28)4)40(38,39)26-14-10-21(3)11-15-26/h6-16,20,23H,17-19H2,1-5H3,(H,33,37)/t23-/m0/s1. The molecule has 0 aromatic heterocycles. The number of sulfonamides is 1. The molecule has 2 amide bonds. The van der Waals surface area contributed by atoms with E-state index < -0.39 is 40.2 Å². The lowest BCUT2D eigenvalue weighted by Crippen LogP contribution is -2.51. The molecule has 0 heterocycles. The predicted molar refractivity (Wildman–Crippen MR) is 156 cm³/mol. The average Bonchev–Trinajstić information content (AvgIpc) is 2.91. The van der Waals surface area contributed by atoms with Gasteiger partial charge in [-0.2, -0.15) is 0 Å². The molecule has 1 atom stereocenters. The summed E-state index contributed by atoms with van der Waals surface area (Å²) in [7, 11) is -4.23. The van der Waals surface area contributed by atoms with Gasteiger partial charge in [0.05, 0.1) is 10.6 Å². The highest BCUT2D eigenvalue weighted by Crippen LogP contribution is 2.30. The summed E-state index contributed by atoms with van der Waals surface area (Å²) in [5.74, 6) is -1.46. The number of nitrogens with zero attached hydrogens (tertiary/aromatic N) is 2. The van der Waals surface area contributed by atoms with E-state index in [9.17, 15) is 22.4 Å². The first-order valence-corrected chi connectivity index (χ1v) is 14.8. The Balaban J connectivity index is 2.07. The summed E-state index contributed by atoms with van der Waals surface area (Å²) in [4.78, 5) is 28.2. The molecule has 3 aromatic rings. The lowest BCUT2D eigenvalue weighted by Gasteiger charge is -2.32. The highest BCUT2D eigenvalue weighted by Gasteiger charge is 2.33. The number of carbonyl (C=O) groups excluding carboxylic acids is 2. The second-order valence-corrected chi connectivity index (χ2v) is 12.5. The molecule has 0 aliphatic heterocycles. The van der Waals surface area contributed by atoms with Gasteiger partial charge < -0.3 is 10.2 Å². The molecule has 214 valence electrons. The third kappa shape index (κ3) is 7.61. The summed E-state index contributed by atoms with van der Waals surface area (Å²) in [6, 6.07) is 16.0. The molecule has 0 aliphatic rings. The van der Waals surface area contributed by atoms with Crippen molar-refractivity contribution >= 4 is 39.1 Å². The number of amides is 2. The van der Waals surface area contributed by atoms with Crippen LogP contribution in [0.25, 0.3) is 0 Å². The lowest BCUT2D eigenvalue weighted by molar-refractivity contribution is -0.139. The Kier molecular flexibility index (Phi) is 10.3. The molecule has 40 heavy (non-hydrogen) atoms. The Hall–Kier alpha value is -3.43. The minimum Gasteiger partial charge on any atom is -0.354 e. The van der Waals surface area contributed by atoms with Crippen molar-refractivity contribution in [3.05, 3.63) is 94.3 Å². The number of aryl methyl sites for hydroxylation is 2. The largest absolute Gasteiger partial charge is 0.354 e. The summed E-state index contributed by atoms with van der Waals surface area (Å²) in [5.41, 5.74) is 1.88. The Morgan fingerprint density at radius 3 is 2.25 bits per heavy atom. The van der Waals surface area contributed by atoms with Gasteiger partial charge in [-0.15, -0.1) is 0 Å². The fourth-order valence-corrected chi connectivity index (χ4v) is 5.68. The van der Waals surface area contributed by atoms with Crippen LogP contribution < -0.4 is 9.62 Å². The van der Waals surface area contributed by atoms with E-state index in [0.29, 0.717) is 17.1 Å². The summed E-state index contributed by atoms with van der Waals surface area (Å²) in [6.45, 7) is 8.50. The molecule has 0 bridgehead atoms. The van der Waals surface area contributed by atoms with Gasteiger partial charge in [0.2, 0.25) is 11.8 Å². The van der Waals surface area contributed by atoms with Crippen LogP contribution in [0.1, 0.15) is 37.5 Å². The fourth-order valence-electron chi connectivity index (χ4n) is 4.05. The molecule has 0 unspecified atom stereocenters. The van der Waals surface area contributed by atoms with Crippen LogP contribution in [0.15, 0.2) is 71.6 Å². The highest BCUT2D eigenvalue weighted by atomic mass is 35.5. The van der Waals surface area contributed by atoms with E-state index in [1.165, 1.54) is 48.2 Å². The number of benzene rings is 3. The van der Waals surface area contributed by atoms with Gasteiger partial charge in [-0.25, -0.2) is 12.8 Å². The van der Waals surface area contributed by atoms with Gasteiger partial charge in [-0.05, 0) is 62.6 Å². The summed E-state index contributed by atoms with van der Waals surface area (Å²) >= 11 is 6.24. The summed E-state index contributed by atoms with van der Waals surface area (Å²) in [6.07, 6.45) is 0.